The van der Waals surface area contributed by atoms with Gasteiger partial charge in [0, 0.05) is 5.69 Å². The highest BCUT2D eigenvalue weighted by molar-refractivity contribution is 7.91. The number of nitrogen functional groups attached to an aromatic ring is 1. The third kappa shape index (κ3) is 3.52. The van der Waals surface area contributed by atoms with Crippen LogP contribution in [0.3, 0.4) is 0 Å². The molecule has 0 aliphatic rings. The molecule has 3 N–H and O–H groups in total. The summed E-state index contributed by atoms with van der Waals surface area (Å²) in [6.07, 6.45) is 0.942. The molecule has 6 nitrogen and oxygen atoms in total. The van der Waals surface area contributed by atoms with Crippen LogP contribution in [0.2, 0.25) is 0 Å². The number of anilines is 1. The SMILES string of the molecule is CC(C)(C#N)CCCS(=O)(=O)c1nc2ccc(N)cc2[nH]1. The van der Waals surface area contributed by atoms with Crippen molar-refractivity contribution >= 4 is 26.6 Å². The maximum absolute atomic E-state index is 12.3. The van der Waals surface area contributed by atoms with Gasteiger partial charge < -0.3 is 10.7 Å². The Kier molecular flexibility index (Phi) is 3.92. The summed E-state index contributed by atoms with van der Waals surface area (Å²) in [5, 5.41) is 8.89. The van der Waals surface area contributed by atoms with Gasteiger partial charge in [-0.05, 0) is 44.9 Å². The van der Waals surface area contributed by atoms with Crippen molar-refractivity contribution in [3.63, 3.8) is 0 Å². The van der Waals surface area contributed by atoms with Crippen molar-refractivity contribution in [2.45, 2.75) is 31.8 Å². The van der Waals surface area contributed by atoms with Gasteiger partial charge in [0.1, 0.15) is 0 Å². The minimum Gasteiger partial charge on any atom is -0.399 e. The Labute approximate surface area is 123 Å². The van der Waals surface area contributed by atoms with Gasteiger partial charge in [-0.25, -0.2) is 13.4 Å². The molecule has 0 aliphatic carbocycles. The minimum absolute atomic E-state index is 0.0343. The number of nitrogens with one attached hydrogen (secondary N) is 1. The fraction of sp³-hybridized carbons (Fsp3) is 0.429. The summed E-state index contributed by atoms with van der Waals surface area (Å²) in [5.41, 5.74) is 6.86. The molecule has 2 aromatic rings. The van der Waals surface area contributed by atoms with Crippen LogP contribution in [0.4, 0.5) is 5.69 Å². The lowest BCUT2D eigenvalue weighted by molar-refractivity contribution is 0.445. The van der Waals surface area contributed by atoms with E-state index in [1.54, 1.807) is 32.0 Å². The van der Waals surface area contributed by atoms with Crippen molar-refractivity contribution < 1.29 is 8.42 Å². The molecule has 0 radical (unpaired) electrons. The highest BCUT2D eigenvalue weighted by atomic mass is 32.2. The number of imidazole rings is 1. The van der Waals surface area contributed by atoms with Crippen LogP contribution in [0.1, 0.15) is 26.7 Å². The number of nitrogens with zero attached hydrogens (tertiary/aromatic N) is 2. The van der Waals surface area contributed by atoms with Gasteiger partial charge in [0.05, 0.1) is 28.3 Å². The first kappa shape index (κ1) is 15.3. The van der Waals surface area contributed by atoms with Crippen molar-refractivity contribution in [3.8, 4) is 6.07 Å². The number of H-pyrrole nitrogens is 1. The van der Waals surface area contributed by atoms with Crippen LogP contribution in [0.25, 0.3) is 11.0 Å². The van der Waals surface area contributed by atoms with Crippen LogP contribution in [0.15, 0.2) is 23.4 Å². The molecule has 0 bridgehead atoms. The average molecular weight is 306 g/mol. The Morgan fingerprint density at radius 2 is 2.14 bits per heavy atom. The fourth-order valence-corrected chi connectivity index (χ4v) is 3.23. The Bertz CT molecular complexity index is 800. The Morgan fingerprint density at radius 3 is 2.81 bits per heavy atom. The summed E-state index contributed by atoms with van der Waals surface area (Å²) in [4.78, 5) is 6.89. The van der Waals surface area contributed by atoms with Gasteiger partial charge in [-0.15, -0.1) is 0 Å². The molecular weight excluding hydrogens is 288 g/mol. The molecule has 0 unspecified atom stereocenters. The second kappa shape index (κ2) is 5.37. The third-order valence-electron chi connectivity index (χ3n) is 3.30. The van der Waals surface area contributed by atoms with Crippen molar-refractivity contribution in [1.29, 1.82) is 5.26 Å². The van der Waals surface area contributed by atoms with E-state index in [1.807, 2.05) is 0 Å². The van der Waals surface area contributed by atoms with E-state index in [1.165, 1.54) is 0 Å². The van der Waals surface area contributed by atoms with Crippen LogP contribution < -0.4 is 5.73 Å². The molecule has 0 aliphatic heterocycles. The molecule has 0 fully saturated rings. The zero-order chi connectivity index (χ0) is 15.7. The van der Waals surface area contributed by atoms with Crippen LogP contribution in [-0.4, -0.2) is 24.1 Å². The molecule has 0 saturated carbocycles. The molecule has 1 heterocycles. The van der Waals surface area contributed by atoms with E-state index in [2.05, 4.69) is 16.0 Å². The molecule has 0 atom stereocenters. The van der Waals surface area contributed by atoms with Crippen molar-refractivity contribution in [3.05, 3.63) is 18.2 Å². The second-order valence-electron chi connectivity index (χ2n) is 5.74. The number of nitriles is 1. The van der Waals surface area contributed by atoms with Gasteiger partial charge in [-0.2, -0.15) is 5.26 Å². The molecule has 0 saturated heterocycles. The Balaban J connectivity index is 2.16. The summed E-state index contributed by atoms with van der Waals surface area (Å²) >= 11 is 0. The number of nitrogens with two attached hydrogens (primary N) is 1. The van der Waals surface area contributed by atoms with Crippen LogP contribution in [0.5, 0.6) is 0 Å². The van der Waals surface area contributed by atoms with Gasteiger partial charge in [-0.1, -0.05) is 0 Å². The largest absolute Gasteiger partial charge is 0.399 e. The fourth-order valence-electron chi connectivity index (χ4n) is 2.01. The van der Waals surface area contributed by atoms with E-state index in [0.29, 0.717) is 29.6 Å². The Morgan fingerprint density at radius 1 is 1.43 bits per heavy atom. The molecule has 112 valence electrons. The van der Waals surface area contributed by atoms with E-state index in [0.717, 1.165) is 0 Å². The number of hydrogen-bond donors (Lipinski definition) is 2. The number of benzene rings is 1. The summed E-state index contributed by atoms with van der Waals surface area (Å²) in [6, 6.07) is 7.17. The van der Waals surface area contributed by atoms with E-state index < -0.39 is 15.3 Å². The minimum atomic E-state index is -3.48. The zero-order valence-corrected chi connectivity index (χ0v) is 12.9. The van der Waals surface area contributed by atoms with E-state index in [-0.39, 0.29) is 10.9 Å². The summed E-state index contributed by atoms with van der Waals surface area (Å²) < 4.78 is 24.5. The molecule has 1 aromatic heterocycles. The van der Waals surface area contributed by atoms with Gasteiger partial charge in [0.15, 0.2) is 0 Å². The number of fused-ring (bicyclic) bond motifs is 1. The maximum atomic E-state index is 12.3. The summed E-state index contributed by atoms with van der Waals surface area (Å²) in [6.45, 7) is 3.59. The van der Waals surface area contributed by atoms with Gasteiger partial charge >= 0.3 is 0 Å². The van der Waals surface area contributed by atoms with Crippen molar-refractivity contribution in [1.82, 2.24) is 9.97 Å². The number of sulfone groups is 1. The van der Waals surface area contributed by atoms with Gasteiger partial charge in [0.2, 0.25) is 15.0 Å². The predicted octanol–water partition coefficient (Wildman–Crippen LogP) is 2.25. The predicted molar refractivity (Wildman–Crippen MR) is 81.2 cm³/mol. The monoisotopic (exact) mass is 306 g/mol. The number of hydrogen-bond acceptors (Lipinski definition) is 5. The molecule has 0 amide bonds. The molecule has 21 heavy (non-hydrogen) atoms. The molecule has 1 aromatic carbocycles. The van der Waals surface area contributed by atoms with Gasteiger partial charge in [0.25, 0.3) is 0 Å². The van der Waals surface area contributed by atoms with Crippen LogP contribution in [0, 0.1) is 16.7 Å². The first-order valence-corrected chi connectivity index (χ1v) is 8.28. The smallest absolute Gasteiger partial charge is 0.226 e. The lowest BCUT2D eigenvalue weighted by Gasteiger charge is -2.13. The van der Waals surface area contributed by atoms with Crippen molar-refractivity contribution in [2.75, 3.05) is 11.5 Å². The number of aromatic nitrogens is 2. The summed E-state index contributed by atoms with van der Waals surface area (Å²) in [5.74, 6) is -0.0343. The van der Waals surface area contributed by atoms with E-state index in [4.69, 9.17) is 11.0 Å². The molecule has 7 heteroatoms. The molecule has 2 rings (SSSR count). The van der Waals surface area contributed by atoms with Crippen LogP contribution in [-0.2, 0) is 9.84 Å². The average Bonchev–Trinajstić information content (AvgIpc) is 2.82. The first-order chi connectivity index (χ1) is 9.73. The highest BCUT2D eigenvalue weighted by Crippen LogP contribution is 2.23. The van der Waals surface area contributed by atoms with Gasteiger partial charge in [-0.3, -0.25) is 0 Å². The molecular formula is C14H18N4O2S. The summed E-state index contributed by atoms with van der Waals surface area (Å²) in [7, 11) is -3.48. The maximum Gasteiger partial charge on any atom is 0.226 e. The van der Waals surface area contributed by atoms with E-state index in [9.17, 15) is 8.42 Å². The lowest BCUT2D eigenvalue weighted by Crippen LogP contribution is -2.13. The second-order valence-corrected chi connectivity index (χ2v) is 7.76. The Hall–Kier alpha value is -2.07. The lowest BCUT2D eigenvalue weighted by atomic mass is 9.90. The highest BCUT2D eigenvalue weighted by Gasteiger charge is 2.22. The third-order valence-corrected chi connectivity index (χ3v) is 4.90. The zero-order valence-electron chi connectivity index (χ0n) is 12.0. The topological polar surface area (TPSA) is 113 Å². The quantitative estimate of drug-likeness (QED) is 0.823. The van der Waals surface area contributed by atoms with Crippen molar-refractivity contribution in [2.24, 2.45) is 5.41 Å². The van der Waals surface area contributed by atoms with Crippen LogP contribution >= 0.6 is 0 Å². The van der Waals surface area contributed by atoms with E-state index >= 15 is 0 Å². The molecule has 0 spiro atoms. The standard InChI is InChI=1S/C14H18N4O2S/c1-14(2,9-15)6-3-7-21(19,20)13-17-11-5-4-10(16)8-12(11)18-13/h4-5,8H,3,6-7,16H2,1-2H3,(H,17,18). The number of rotatable bonds is 5. The first-order valence-electron chi connectivity index (χ1n) is 6.63. The normalized spacial score (nSPS) is 12.4. The number of aromatic amines is 1.